The molecule has 2 aromatic carbocycles. The van der Waals surface area contributed by atoms with Gasteiger partial charge < -0.3 is 10.3 Å². The molecule has 146 valence electrons. The minimum Gasteiger partial charge on any atom is -0.309 e. The summed E-state index contributed by atoms with van der Waals surface area (Å²) in [6.07, 6.45) is 3.44. The van der Waals surface area contributed by atoms with Crippen LogP contribution in [0.5, 0.6) is 0 Å². The topological polar surface area (TPSA) is 57.8 Å². The molecule has 0 unspecified atom stereocenters. The van der Waals surface area contributed by atoms with E-state index in [2.05, 4.69) is 41.5 Å². The van der Waals surface area contributed by atoms with Gasteiger partial charge in [0.1, 0.15) is 10.7 Å². The van der Waals surface area contributed by atoms with Gasteiger partial charge in [0.25, 0.3) is 5.56 Å². The number of aromatic nitrogens is 2. The Morgan fingerprint density at radius 2 is 1.93 bits per heavy atom. The van der Waals surface area contributed by atoms with Crippen LogP contribution in [-0.4, -0.2) is 9.97 Å². The fourth-order valence-corrected chi connectivity index (χ4v) is 5.45. The first-order valence-corrected chi connectivity index (χ1v) is 10.9. The lowest BCUT2D eigenvalue weighted by atomic mass is 9.88. The number of benzene rings is 2. The van der Waals surface area contributed by atoms with Crippen LogP contribution < -0.4 is 10.9 Å². The third kappa shape index (κ3) is 3.41. The van der Waals surface area contributed by atoms with Gasteiger partial charge in [-0.15, -0.1) is 11.3 Å². The first-order valence-electron chi connectivity index (χ1n) is 10.1. The Hall–Kier alpha value is -2.76. The van der Waals surface area contributed by atoms with E-state index in [1.54, 1.807) is 11.3 Å². The number of hydrogen-bond donors (Lipinski definition) is 2. The minimum absolute atomic E-state index is 0.0564. The van der Waals surface area contributed by atoms with Crippen LogP contribution in [-0.2, 0) is 13.0 Å². The van der Waals surface area contributed by atoms with Crippen LogP contribution in [0.25, 0.3) is 21.3 Å². The molecule has 1 aliphatic rings. The van der Waals surface area contributed by atoms with Gasteiger partial charge in [0.05, 0.1) is 11.9 Å². The van der Waals surface area contributed by atoms with Crippen molar-refractivity contribution in [3.8, 4) is 11.1 Å². The molecule has 2 heterocycles. The van der Waals surface area contributed by atoms with Crippen LogP contribution in [0.1, 0.15) is 40.7 Å². The minimum atomic E-state index is -0.0564. The molecule has 4 nitrogen and oxygen atoms in total. The molecule has 0 spiro atoms. The second kappa shape index (κ2) is 7.58. The summed E-state index contributed by atoms with van der Waals surface area (Å²) in [6.45, 7) is 2.62. The van der Waals surface area contributed by atoms with E-state index < -0.39 is 0 Å². The van der Waals surface area contributed by atoms with Gasteiger partial charge in [0, 0.05) is 16.5 Å². The maximum absolute atomic E-state index is 12.9. The normalized spacial score (nSPS) is 16.1. The van der Waals surface area contributed by atoms with Crippen molar-refractivity contribution >= 4 is 21.6 Å². The van der Waals surface area contributed by atoms with Gasteiger partial charge in [-0.3, -0.25) is 4.79 Å². The summed E-state index contributed by atoms with van der Waals surface area (Å²) in [6, 6.07) is 19.0. The zero-order valence-corrected chi connectivity index (χ0v) is 17.2. The van der Waals surface area contributed by atoms with E-state index in [-0.39, 0.29) is 5.56 Å². The summed E-state index contributed by atoms with van der Waals surface area (Å²) in [5, 5.41) is 4.31. The number of fused-ring (bicyclic) bond motifs is 2. The SMILES string of the molecule is Cc1sc2nc(CN[C@@H]3CCCc4ccccc43)[nH]c(=O)c2c1-c1ccccc1. The summed E-state index contributed by atoms with van der Waals surface area (Å²) in [5.74, 6) is 0.700. The smallest absolute Gasteiger partial charge is 0.260 e. The van der Waals surface area contributed by atoms with Gasteiger partial charge >= 0.3 is 0 Å². The molecule has 2 aromatic heterocycles. The third-order valence-corrected chi connectivity index (χ3v) is 6.73. The first kappa shape index (κ1) is 18.3. The molecule has 0 amide bonds. The average Bonchev–Trinajstić information content (AvgIpc) is 3.09. The van der Waals surface area contributed by atoms with Gasteiger partial charge in [0.2, 0.25) is 0 Å². The molecular weight excluding hydrogens is 378 g/mol. The van der Waals surface area contributed by atoms with E-state index in [0.29, 0.717) is 23.8 Å². The van der Waals surface area contributed by atoms with Crippen molar-refractivity contribution in [1.82, 2.24) is 15.3 Å². The van der Waals surface area contributed by atoms with E-state index >= 15 is 0 Å². The lowest BCUT2D eigenvalue weighted by Gasteiger charge is -2.26. The fourth-order valence-electron chi connectivity index (χ4n) is 4.39. The molecular formula is C24H23N3OS. The maximum atomic E-state index is 12.9. The lowest BCUT2D eigenvalue weighted by Crippen LogP contribution is -2.26. The van der Waals surface area contributed by atoms with Crippen molar-refractivity contribution < 1.29 is 0 Å². The molecule has 5 rings (SSSR count). The Labute approximate surface area is 173 Å². The zero-order chi connectivity index (χ0) is 19.8. The number of thiophene rings is 1. The molecule has 1 atom stereocenters. The van der Waals surface area contributed by atoms with Crippen molar-refractivity contribution in [3.05, 3.63) is 86.8 Å². The van der Waals surface area contributed by atoms with Gasteiger partial charge in [0.15, 0.2) is 0 Å². The summed E-state index contributed by atoms with van der Waals surface area (Å²) >= 11 is 1.59. The molecule has 5 heteroatoms. The van der Waals surface area contributed by atoms with E-state index in [1.807, 2.05) is 30.3 Å². The molecule has 0 fully saturated rings. The van der Waals surface area contributed by atoms with Gasteiger partial charge in [-0.2, -0.15) is 0 Å². The number of nitrogens with zero attached hydrogens (tertiary/aromatic N) is 1. The predicted octanol–water partition coefficient (Wildman–Crippen LogP) is 5.13. The van der Waals surface area contributed by atoms with Crippen molar-refractivity contribution in [2.45, 2.75) is 38.8 Å². The molecule has 2 N–H and O–H groups in total. The van der Waals surface area contributed by atoms with E-state index in [4.69, 9.17) is 4.98 Å². The van der Waals surface area contributed by atoms with Crippen LogP contribution >= 0.6 is 11.3 Å². The van der Waals surface area contributed by atoms with Crippen molar-refractivity contribution in [2.75, 3.05) is 0 Å². The van der Waals surface area contributed by atoms with Gasteiger partial charge in [-0.05, 0) is 42.9 Å². The average molecular weight is 402 g/mol. The van der Waals surface area contributed by atoms with Crippen molar-refractivity contribution in [2.24, 2.45) is 0 Å². The highest BCUT2D eigenvalue weighted by atomic mass is 32.1. The lowest BCUT2D eigenvalue weighted by molar-refractivity contribution is 0.453. The zero-order valence-electron chi connectivity index (χ0n) is 16.4. The van der Waals surface area contributed by atoms with Crippen LogP contribution in [0.15, 0.2) is 59.4 Å². The van der Waals surface area contributed by atoms with E-state index in [1.165, 1.54) is 17.5 Å². The molecule has 0 saturated carbocycles. The predicted molar refractivity (Wildman–Crippen MR) is 119 cm³/mol. The van der Waals surface area contributed by atoms with Crippen LogP contribution in [0.3, 0.4) is 0 Å². The third-order valence-electron chi connectivity index (χ3n) is 5.73. The number of rotatable bonds is 4. The van der Waals surface area contributed by atoms with Crippen LogP contribution in [0.2, 0.25) is 0 Å². The van der Waals surface area contributed by atoms with E-state index in [0.717, 1.165) is 33.7 Å². The Morgan fingerprint density at radius 1 is 1.14 bits per heavy atom. The highest BCUT2D eigenvalue weighted by molar-refractivity contribution is 7.19. The Morgan fingerprint density at radius 3 is 2.79 bits per heavy atom. The van der Waals surface area contributed by atoms with Gasteiger partial charge in [-0.1, -0.05) is 54.6 Å². The first-order chi connectivity index (χ1) is 14.2. The Kier molecular flexibility index (Phi) is 4.78. The Bertz CT molecular complexity index is 1230. The van der Waals surface area contributed by atoms with Crippen LogP contribution in [0.4, 0.5) is 0 Å². The summed E-state index contributed by atoms with van der Waals surface area (Å²) in [4.78, 5) is 22.7. The summed E-state index contributed by atoms with van der Waals surface area (Å²) in [5.41, 5.74) is 4.81. The number of nitrogens with one attached hydrogen (secondary N) is 2. The second-order valence-electron chi connectivity index (χ2n) is 7.62. The number of H-pyrrole nitrogens is 1. The van der Waals surface area contributed by atoms with Crippen molar-refractivity contribution in [3.63, 3.8) is 0 Å². The molecule has 29 heavy (non-hydrogen) atoms. The van der Waals surface area contributed by atoms with E-state index in [9.17, 15) is 4.79 Å². The molecule has 0 radical (unpaired) electrons. The van der Waals surface area contributed by atoms with Crippen molar-refractivity contribution in [1.29, 1.82) is 0 Å². The largest absolute Gasteiger partial charge is 0.309 e. The molecule has 0 aliphatic heterocycles. The van der Waals surface area contributed by atoms with Gasteiger partial charge in [-0.25, -0.2) is 4.98 Å². The highest BCUT2D eigenvalue weighted by Gasteiger charge is 2.20. The maximum Gasteiger partial charge on any atom is 0.260 e. The molecule has 1 aliphatic carbocycles. The number of hydrogen-bond acceptors (Lipinski definition) is 4. The molecule has 0 saturated heterocycles. The monoisotopic (exact) mass is 401 g/mol. The summed E-state index contributed by atoms with van der Waals surface area (Å²) in [7, 11) is 0. The number of aromatic amines is 1. The highest BCUT2D eigenvalue weighted by Crippen LogP contribution is 2.35. The fraction of sp³-hybridized carbons (Fsp3) is 0.250. The number of aryl methyl sites for hydroxylation is 2. The Balaban J connectivity index is 1.45. The second-order valence-corrected chi connectivity index (χ2v) is 8.82. The van der Waals surface area contributed by atoms with Crippen LogP contribution in [0, 0.1) is 6.92 Å². The standard InChI is InChI=1S/C24H23N3OS/c1-15-21(17-9-3-2-4-10-17)22-23(28)26-20(27-24(22)29-15)14-25-19-13-7-11-16-8-5-6-12-18(16)19/h2-6,8-10,12,19,25H,7,11,13-14H2,1H3,(H,26,27,28)/t19-/m1/s1. The molecule has 4 aromatic rings. The quantitative estimate of drug-likeness (QED) is 0.499. The summed E-state index contributed by atoms with van der Waals surface area (Å²) < 4.78 is 0. The molecule has 0 bridgehead atoms.